The average molecular weight is 544 g/mol. The van der Waals surface area contributed by atoms with E-state index in [1.165, 1.54) is 24.1 Å². The van der Waals surface area contributed by atoms with E-state index in [4.69, 9.17) is 21.6 Å². The van der Waals surface area contributed by atoms with Crippen molar-refractivity contribution in [1.29, 1.82) is 0 Å². The lowest BCUT2D eigenvalue weighted by molar-refractivity contribution is 0.203. The zero-order valence-electron chi connectivity index (χ0n) is 20.9. The quantitative estimate of drug-likeness (QED) is 0.339. The fourth-order valence-corrected chi connectivity index (χ4v) is 5.08. The third-order valence-corrected chi connectivity index (χ3v) is 7.09. The Labute approximate surface area is 226 Å². The summed E-state index contributed by atoms with van der Waals surface area (Å²) in [6, 6.07) is 13.6. The summed E-state index contributed by atoms with van der Waals surface area (Å²) < 4.78 is 3.18. The Balaban J connectivity index is 1.35. The number of nitrogens with one attached hydrogen (secondary N) is 1. The molecule has 1 atom stereocenters. The first-order chi connectivity index (χ1) is 18.8. The lowest BCUT2D eigenvalue weighted by Crippen LogP contribution is -2.25. The van der Waals surface area contributed by atoms with Crippen molar-refractivity contribution in [3.8, 4) is 28.2 Å². The number of H-pyrrole nitrogens is 1. The van der Waals surface area contributed by atoms with Gasteiger partial charge in [-0.2, -0.15) is 4.68 Å². The molecule has 0 unspecified atom stereocenters. The molecule has 39 heavy (non-hydrogen) atoms. The highest BCUT2D eigenvalue weighted by atomic mass is 35.5. The van der Waals surface area contributed by atoms with Gasteiger partial charge in [-0.1, -0.05) is 23.7 Å². The first kappa shape index (κ1) is 24.5. The summed E-state index contributed by atoms with van der Waals surface area (Å²) >= 11 is 6.28. The number of halogens is 1. The molecule has 0 bridgehead atoms. The van der Waals surface area contributed by atoms with Crippen LogP contribution in [0.3, 0.4) is 0 Å². The molecule has 13 heteroatoms. The van der Waals surface area contributed by atoms with Gasteiger partial charge in [-0.25, -0.2) is 14.8 Å². The third kappa shape index (κ3) is 4.34. The van der Waals surface area contributed by atoms with Crippen LogP contribution in [0.5, 0.6) is 0 Å². The molecule has 12 nitrogen and oxygen atoms in total. The lowest BCUT2D eigenvalue weighted by Gasteiger charge is -2.14. The third-order valence-electron chi connectivity index (χ3n) is 6.86. The highest BCUT2D eigenvalue weighted by Gasteiger charge is 2.30. The maximum Gasteiger partial charge on any atom is 0.411 e. The molecule has 5 aromatic rings. The molecule has 1 aliphatic rings. The molecule has 196 valence electrons. The molecule has 0 aliphatic carbocycles. The first-order valence-electron chi connectivity index (χ1n) is 12.1. The van der Waals surface area contributed by atoms with E-state index in [9.17, 15) is 14.7 Å². The minimum Gasteiger partial charge on any atom is -0.465 e. The van der Waals surface area contributed by atoms with Crippen LogP contribution in [0.15, 0.2) is 59.7 Å². The van der Waals surface area contributed by atoms with Crippen molar-refractivity contribution >= 4 is 23.4 Å². The van der Waals surface area contributed by atoms with Crippen LogP contribution in [0.1, 0.15) is 29.8 Å². The predicted octanol–water partition coefficient (Wildman–Crippen LogP) is 3.89. The van der Waals surface area contributed by atoms with Crippen molar-refractivity contribution in [2.24, 2.45) is 0 Å². The number of imidazole rings is 1. The summed E-state index contributed by atoms with van der Waals surface area (Å²) in [7, 11) is 1.49. The van der Waals surface area contributed by atoms with Crippen LogP contribution >= 0.6 is 11.6 Å². The first-order valence-corrected chi connectivity index (χ1v) is 12.5. The van der Waals surface area contributed by atoms with E-state index < -0.39 is 6.09 Å². The van der Waals surface area contributed by atoms with Gasteiger partial charge in [0.05, 0.1) is 28.8 Å². The Morgan fingerprint density at radius 2 is 1.95 bits per heavy atom. The second kappa shape index (κ2) is 9.48. The largest absolute Gasteiger partial charge is 0.465 e. The Morgan fingerprint density at radius 3 is 2.67 bits per heavy atom. The molecule has 2 aromatic carbocycles. The van der Waals surface area contributed by atoms with Crippen molar-refractivity contribution in [2.45, 2.75) is 25.8 Å². The summed E-state index contributed by atoms with van der Waals surface area (Å²) in [5.41, 5.74) is 4.61. The van der Waals surface area contributed by atoms with Gasteiger partial charge >= 0.3 is 6.09 Å². The number of benzene rings is 2. The van der Waals surface area contributed by atoms with Gasteiger partial charge in [-0.15, -0.1) is 5.10 Å². The topological polar surface area (TPSA) is 148 Å². The monoisotopic (exact) mass is 543 g/mol. The molecule has 2 N–H and O–H groups in total. The number of hydrogen-bond donors (Lipinski definition) is 2. The van der Waals surface area contributed by atoms with Crippen LogP contribution in [-0.4, -0.2) is 58.0 Å². The zero-order valence-corrected chi connectivity index (χ0v) is 21.7. The van der Waals surface area contributed by atoms with Gasteiger partial charge in [-0.3, -0.25) is 14.3 Å². The maximum absolute atomic E-state index is 13.4. The molecule has 0 spiro atoms. The molecule has 1 amide bonds. The van der Waals surface area contributed by atoms with Crippen LogP contribution < -0.4 is 10.5 Å². The molecule has 0 radical (unpaired) electrons. The average Bonchev–Trinajstić information content (AvgIpc) is 3.68. The number of carbonyl (C=O) groups is 1. The Morgan fingerprint density at radius 1 is 1.15 bits per heavy atom. The van der Waals surface area contributed by atoms with Gasteiger partial charge in [-0.05, 0) is 59.7 Å². The van der Waals surface area contributed by atoms with E-state index in [-0.39, 0.29) is 11.6 Å². The predicted molar refractivity (Wildman–Crippen MR) is 143 cm³/mol. The van der Waals surface area contributed by atoms with Gasteiger partial charge in [0, 0.05) is 35.8 Å². The van der Waals surface area contributed by atoms with Crippen LogP contribution in [0.2, 0.25) is 5.02 Å². The molecule has 3 aromatic heterocycles. The van der Waals surface area contributed by atoms with Crippen molar-refractivity contribution in [2.75, 3.05) is 11.9 Å². The number of rotatable bonds is 5. The molecule has 0 saturated carbocycles. The number of aryl methyl sites for hydroxylation is 2. The second-order valence-electron chi connectivity index (χ2n) is 9.21. The summed E-state index contributed by atoms with van der Waals surface area (Å²) in [6.45, 7) is 1.90. The molecule has 0 fully saturated rings. The number of aromatic amines is 1. The number of carboxylic acid groups (broad SMARTS) is 1. The van der Waals surface area contributed by atoms with Crippen LogP contribution in [0.25, 0.3) is 28.2 Å². The molecule has 0 saturated heterocycles. The minimum absolute atomic E-state index is 0.197. The fourth-order valence-electron chi connectivity index (χ4n) is 4.91. The van der Waals surface area contributed by atoms with Gasteiger partial charge in [0.25, 0.3) is 5.56 Å². The standard InChI is InChI=1S/C26H22ClN9O3/c1-14-24(15-3-6-17(7-4-15)34(2)26(38)39)31-25(29-14)21-9-10-22-30-19(12-23(37)36(21)22)18-11-16(27)5-8-20(18)35-13-28-32-33-35/h3-8,11-13,21H,9-10H2,1-2H3,(H,29,31)(H,38,39)/t21-/m0/s1. The number of amides is 1. The van der Waals surface area contributed by atoms with E-state index in [0.29, 0.717) is 52.1 Å². The summed E-state index contributed by atoms with van der Waals surface area (Å²) in [6.07, 6.45) is 1.69. The van der Waals surface area contributed by atoms with Crippen LogP contribution in [-0.2, 0) is 6.42 Å². The smallest absolute Gasteiger partial charge is 0.411 e. The Bertz CT molecular complexity index is 1760. The summed E-state index contributed by atoms with van der Waals surface area (Å²) in [5, 5.41) is 21.1. The number of fused-ring (bicyclic) bond motifs is 1. The van der Waals surface area contributed by atoms with E-state index >= 15 is 0 Å². The van der Waals surface area contributed by atoms with Crippen molar-refractivity contribution < 1.29 is 9.90 Å². The SMILES string of the molecule is Cc1nc([C@@H]2CCc3nc(-c4cc(Cl)ccc4-n4cnnn4)cc(=O)n32)[nH]c1-c1ccc(N(C)C(=O)O)cc1. The molecule has 1 aliphatic heterocycles. The highest BCUT2D eigenvalue weighted by molar-refractivity contribution is 6.31. The highest BCUT2D eigenvalue weighted by Crippen LogP contribution is 2.33. The van der Waals surface area contributed by atoms with Crippen LogP contribution in [0, 0.1) is 6.92 Å². The van der Waals surface area contributed by atoms with E-state index in [1.807, 2.05) is 19.1 Å². The Hall–Kier alpha value is -4.84. The second-order valence-corrected chi connectivity index (χ2v) is 9.64. The van der Waals surface area contributed by atoms with Crippen molar-refractivity contribution in [1.82, 2.24) is 39.7 Å². The lowest BCUT2D eigenvalue weighted by atomic mass is 10.1. The van der Waals surface area contributed by atoms with E-state index in [0.717, 1.165) is 21.9 Å². The maximum atomic E-state index is 13.4. The number of tetrazole rings is 1. The van der Waals surface area contributed by atoms with Gasteiger partial charge in [0.1, 0.15) is 18.0 Å². The number of hydrogen-bond acceptors (Lipinski definition) is 7. The normalized spacial score (nSPS) is 14.4. The number of anilines is 1. The molecule has 4 heterocycles. The number of aromatic nitrogens is 8. The van der Waals surface area contributed by atoms with Crippen molar-refractivity contribution in [3.05, 3.63) is 87.6 Å². The summed E-state index contributed by atoms with van der Waals surface area (Å²) in [5.74, 6) is 1.32. The van der Waals surface area contributed by atoms with Crippen molar-refractivity contribution in [3.63, 3.8) is 0 Å². The summed E-state index contributed by atoms with van der Waals surface area (Å²) in [4.78, 5) is 38.8. The van der Waals surface area contributed by atoms with Crippen LogP contribution in [0.4, 0.5) is 10.5 Å². The molecular formula is C26H22ClN9O3. The fraction of sp³-hybridized carbons (Fsp3) is 0.192. The van der Waals surface area contributed by atoms with Gasteiger partial charge < -0.3 is 10.1 Å². The Kier molecular flexibility index (Phi) is 5.95. The van der Waals surface area contributed by atoms with Gasteiger partial charge in [0.2, 0.25) is 0 Å². The molecule has 6 rings (SSSR count). The zero-order chi connectivity index (χ0) is 27.3. The minimum atomic E-state index is -1.04. The van der Waals surface area contributed by atoms with E-state index in [2.05, 4.69) is 20.5 Å². The van der Waals surface area contributed by atoms with E-state index in [1.54, 1.807) is 34.9 Å². The number of nitrogens with zero attached hydrogens (tertiary/aromatic N) is 8. The van der Waals surface area contributed by atoms with Gasteiger partial charge in [0.15, 0.2) is 0 Å². The molecular weight excluding hydrogens is 522 g/mol.